The van der Waals surface area contributed by atoms with Crippen molar-refractivity contribution in [2.75, 3.05) is 44.3 Å². The second-order valence-electron chi connectivity index (χ2n) is 7.95. The Hall–Kier alpha value is -4.66. The van der Waals surface area contributed by atoms with Crippen LogP contribution in [0.2, 0.25) is 0 Å². The lowest BCUT2D eigenvalue weighted by molar-refractivity contribution is -0.114. The lowest BCUT2D eigenvalue weighted by Crippen LogP contribution is -2.07. The molecule has 0 fully saturated rings. The maximum atomic E-state index is 12.0. The summed E-state index contributed by atoms with van der Waals surface area (Å²) < 4.78 is 16.9. The molecule has 3 aromatic carbocycles. The van der Waals surface area contributed by atoms with Crippen molar-refractivity contribution in [1.82, 2.24) is 4.98 Å². The molecule has 0 aliphatic heterocycles. The van der Waals surface area contributed by atoms with Crippen LogP contribution in [0.3, 0.4) is 0 Å². The maximum Gasteiger partial charge on any atom is 0.227 e. The van der Waals surface area contributed by atoms with E-state index in [9.17, 15) is 9.90 Å². The molecule has 0 unspecified atom stereocenters. The van der Waals surface area contributed by atoms with Crippen molar-refractivity contribution in [2.45, 2.75) is 6.92 Å². The number of nitrogens with one attached hydrogen (secondary N) is 3. The number of hydrogen-bond donors (Lipinski definition) is 4. The molecule has 186 valence electrons. The Balaban J connectivity index is 1.96. The highest BCUT2D eigenvalue weighted by molar-refractivity contribution is 5.96. The van der Waals surface area contributed by atoms with E-state index in [0.29, 0.717) is 34.2 Å². The minimum absolute atomic E-state index is 0.117. The third-order valence-electron chi connectivity index (χ3n) is 5.66. The van der Waals surface area contributed by atoms with Gasteiger partial charge < -0.3 is 34.9 Å². The highest BCUT2D eigenvalue weighted by Crippen LogP contribution is 2.44. The summed E-state index contributed by atoms with van der Waals surface area (Å²) in [6, 6.07) is 16.6. The molecule has 4 N–H and O–H groups in total. The molecule has 0 radical (unpaired) electrons. The van der Waals surface area contributed by atoms with Crippen LogP contribution >= 0.6 is 0 Å². The van der Waals surface area contributed by atoms with Crippen LogP contribution in [-0.2, 0) is 4.79 Å². The normalized spacial score (nSPS) is 10.6. The summed E-state index contributed by atoms with van der Waals surface area (Å²) >= 11 is 0. The number of oxazole rings is 1. The Labute approximate surface area is 209 Å². The molecule has 0 atom stereocenters. The Bertz CT molecular complexity index is 1370. The van der Waals surface area contributed by atoms with Gasteiger partial charge in [-0.3, -0.25) is 4.79 Å². The summed E-state index contributed by atoms with van der Waals surface area (Å²) in [4.78, 5) is 16.8. The van der Waals surface area contributed by atoms with Gasteiger partial charge in [0.2, 0.25) is 17.5 Å². The number of phenolic OH excluding ortho intramolecular Hbond substituents is 1. The molecular weight excluding hydrogens is 460 g/mol. The number of rotatable bonds is 8. The fraction of sp³-hybridized carbons (Fsp3) is 0.185. The third kappa shape index (κ3) is 4.76. The van der Waals surface area contributed by atoms with Gasteiger partial charge in [0.15, 0.2) is 17.3 Å². The van der Waals surface area contributed by atoms with Crippen LogP contribution in [-0.4, -0.2) is 44.3 Å². The van der Waals surface area contributed by atoms with Crippen LogP contribution in [0.5, 0.6) is 17.2 Å². The fourth-order valence-corrected chi connectivity index (χ4v) is 3.83. The number of aromatic nitrogens is 1. The summed E-state index contributed by atoms with van der Waals surface area (Å²) in [6.07, 6.45) is 0. The predicted octanol–water partition coefficient (Wildman–Crippen LogP) is 5.44. The molecule has 9 heteroatoms. The van der Waals surface area contributed by atoms with Gasteiger partial charge in [-0.1, -0.05) is 0 Å². The maximum absolute atomic E-state index is 12.0. The molecule has 1 heterocycles. The first-order valence-corrected chi connectivity index (χ1v) is 11.2. The standard InChI is InChI=1S/C27H28N4O5/c1-15(32)30-21-14-19(29-3)10-11-20(21)24-26(16-6-8-18(28-2)9-7-16)36-27(31-24)17-12-22(34-4)25(33)23(13-17)35-5/h6-14,28-29,33H,1-5H3,(H,30,32). The zero-order chi connectivity index (χ0) is 25.8. The summed E-state index contributed by atoms with van der Waals surface area (Å²) in [6.45, 7) is 1.45. The number of anilines is 3. The molecule has 0 saturated heterocycles. The van der Waals surface area contributed by atoms with Crippen molar-refractivity contribution < 1.29 is 23.8 Å². The van der Waals surface area contributed by atoms with E-state index in [2.05, 4.69) is 16.0 Å². The zero-order valence-corrected chi connectivity index (χ0v) is 20.7. The van der Waals surface area contributed by atoms with Gasteiger partial charge in [-0.05, 0) is 54.6 Å². The number of nitrogens with zero attached hydrogens (tertiary/aromatic N) is 1. The van der Waals surface area contributed by atoms with Crippen molar-refractivity contribution in [3.63, 3.8) is 0 Å². The molecule has 4 rings (SSSR count). The van der Waals surface area contributed by atoms with Crippen LogP contribution in [0, 0.1) is 0 Å². The van der Waals surface area contributed by atoms with Crippen LogP contribution in [0.1, 0.15) is 6.92 Å². The molecule has 0 saturated carbocycles. The summed E-state index contributed by atoms with van der Waals surface area (Å²) in [5.74, 6) is 0.932. The number of methoxy groups -OCH3 is 2. The second-order valence-corrected chi connectivity index (χ2v) is 7.95. The van der Waals surface area contributed by atoms with E-state index in [1.54, 1.807) is 19.2 Å². The highest BCUT2D eigenvalue weighted by atomic mass is 16.5. The Morgan fingerprint density at radius 1 is 0.889 bits per heavy atom. The SMILES string of the molecule is CNc1ccc(-c2oc(-c3cc(OC)c(O)c(OC)c3)nc2-c2ccc(NC)cc2NC(C)=O)cc1. The van der Waals surface area contributed by atoms with E-state index >= 15 is 0 Å². The first kappa shape index (κ1) is 24.5. The number of aromatic hydroxyl groups is 1. The first-order valence-electron chi connectivity index (χ1n) is 11.2. The lowest BCUT2D eigenvalue weighted by Gasteiger charge is -2.12. The van der Waals surface area contributed by atoms with Gasteiger partial charge in [-0.25, -0.2) is 4.98 Å². The van der Waals surface area contributed by atoms with Gasteiger partial charge in [0.25, 0.3) is 0 Å². The molecule has 0 aliphatic carbocycles. The van der Waals surface area contributed by atoms with Crippen molar-refractivity contribution in [2.24, 2.45) is 0 Å². The number of hydrogen-bond acceptors (Lipinski definition) is 8. The van der Waals surface area contributed by atoms with Gasteiger partial charge in [0.05, 0.1) is 19.9 Å². The average molecular weight is 489 g/mol. The van der Waals surface area contributed by atoms with Crippen molar-refractivity contribution in [3.8, 4) is 51.3 Å². The largest absolute Gasteiger partial charge is 0.502 e. The summed E-state index contributed by atoms with van der Waals surface area (Å²) in [5.41, 5.74) is 4.94. The van der Waals surface area contributed by atoms with E-state index in [1.807, 2.05) is 49.5 Å². The number of amides is 1. The molecule has 36 heavy (non-hydrogen) atoms. The monoisotopic (exact) mass is 488 g/mol. The van der Waals surface area contributed by atoms with Crippen LogP contribution in [0.25, 0.3) is 34.0 Å². The number of carbonyl (C=O) groups is 1. The van der Waals surface area contributed by atoms with E-state index in [-0.39, 0.29) is 23.2 Å². The van der Waals surface area contributed by atoms with E-state index in [1.165, 1.54) is 21.1 Å². The molecule has 0 spiro atoms. The summed E-state index contributed by atoms with van der Waals surface area (Å²) in [7, 11) is 6.57. The van der Waals surface area contributed by atoms with E-state index in [4.69, 9.17) is 18.9 Å². The minimum Gasteiger partial charge on any atom is -0.502 e. The van der Waals surface area contributed by atoms with Crippen molar-refractivity contribution in [1.29, 1.82) is 0 Å². The Kier molecular flexibility index (Phi) is 7.00. The molecule has 1 aromatic heterocycles. The highest BCUT2D eigenvalue weighted by Gasteiger charge is 2.23. The Morgan fingerprint density at radius 2 is 1.50 bits per heavy atom. The van der Waals surface area contributed by atoms with E-state index in [0.717, 1.165) is 16.9 Å². The molecular formula is C27H28N4O5. The number of carbonyl (C=O) groups excluding carboxylic acids is 1. The number of phenols is 1. The second kappa shape index (κ2) is 10.3. The lowest BCUT2D eigenvalue weighted by atomic mass is 10.0. The minimum atomic E-state index is -0.207. The predicted molar refractivity (Wildman–Crippen MR) is 141 cm³/mol. The topological polar surface area (TPSA) is 118 Å². The molecule has 9 nitrogen and oxygen atoms in total. The molecule has 1 amide bonds. The molecule has 0 bridgehead atoms. The molecule has 4 aromatic rings. The average Bonchev–Trinajstić information content (AvgIpc) is 3.33. The number of benzene rings is 3. The van der Waals surface area contributed by atoms with Crippen LogP contribution in [0.15, 0.2) is 59.0 Å². The fourth-order valence-electron chi connectivity index (χ4n) is 3.83. The smallest absolute Gasteiger partial charge is 0.227 e. The number of ether oxygens (including phenoxy) is 2. The van der Waals surface area contributed by atoms with Gasteiger partial charge in [0.1, 0.15) is 5.69 Å². The quantitative estimate of drug-likeness (QED) is 0.259. The zero-order valence-electron chi connectivity index (χ0n) is 20.7. The van der Waals surface area contributed by atoms with Gasteiger partial charge in [0, 0.05) is 49.1 Å². The van der Waals surface area contributed by atoms with E-state index < -0.39 is 0 Å². The van der Waals surface area contributed by atoms with Crippen molar-refractivity contribution in [3.05, 3.63) is 54.6 Å². The van der Waals surface area contributed by atoms with Crippen LogP contribution < -0.4 is 25.4 Å². The van der Waals surface area contributed by atoms with Gasteiger partial charge >= 0.3 is 0 Å². The summed E-state index contributed by atoms with van der Waals surface area (Å²) in [5, 5.41) is 19.4. The van der Waals surface area contributed by atoms with Crippen molar-refractivity contribution >= 4 is 23.0 Å². The Morgan fingerprint density at radius 3 is 2.06 bits per heavy atom. The third-order valence-corrected chi connectivity index (χ3v) is 5.66. The van der Waals surface area contributed by atoms with Crippen LogP contribution in [0.4, 0.5) is 17.1 Å². The first-order chi connectivity index (χ1) is 17.4. The van der Waals surface area contributed by atoms with Gasteiger partial charge in [-0.2, -0.15) is 0 Å². The molecule has 0 aliphatic rings. The van der Waals surface area contributed by atoms with Gasteiger partial charge in [-0.15, -0.1) is 0 Å².